The molecule has 1 aliphatic rings. The summed E-state index contributed by atoms with van der Waals surface area (Å²) in [6.45, 7) is 1.15. The van der Waals surface area contributed by atoms with E-state index in [1.165, 1.54) is 24.3 Å². The van der Waals surface area contributed by atoms with Crippen LogP contribution < -0.4 is 5.73 Å². The summed E-state index contributed by atoms with van der Waals surface area (Å²) in [6.07, 6.45) is 4.60. The number of nitrogens with zero attached hydrogens (tertiary/aromatic N) is 1. The Morgan fingerprint density at radius 2 is 2.05 bits per heavy atom. The Balaban J connectivity index is 1.93. The van der Waals surface area contributed by atoms with Crippen LogP contribution in [-0.2, 0) is 9.59 Å². The molecule has 1 aromatic carbocycles. The van der Waals surface area contributed by atoms with Gasteiger partial charge in [0.1, 0.15) is 5.82 Å². The first-order valence-corrected chi connectivity index (χ1v) is 7.54. The fraction of sp³-hybridized carbons (Fsp3) is 0.375. The molecule has 1 fully saturated rings. The quantitative estimate of drug-likeness (QED) is 0.865. The van der Waals surface area contributed by atoms with Crippen molar-refractivity contribution in [2.75, 3.05) is 13.1 Å². The normalized spacial score (nSPS) is 16.2. The zero-order valence-electron chi connectivity index (χ0n) is 12.1. The minimum atomic E-state index is -0.461. The standard InChI is InChI=1S/C16H18ClFN2O2/c17-13-2-1-3-14(18)12(13)4-5-16(22)20-8-6-11(7-9-20)10-15(19)21/h1-5,11H,6-10H2,(H2,19,21). The zero-order valence-corrected chi connectivity index (χ0v) is 12.9. The first-order valence-electron chi connectivity index (χ1n) is 7.16. The van der Waals surface area contributed by atoms with E-state index >= 15 is 0 Å². The smallest absolute Gasteiger partial charge is 0.246 e. The Hall–Kier alpha value is -1.88. The number of likely N-dealkylation sites (tertiary alicyclic amines) is 1. The second-order valence-electron chi connectivity index (χ2n) is 5.41. The van der Waals surface area contributed by atoms with E-state index in [1.807, 2.05) is 0 Å². The minimum Gasteiger partial charge on any atom is -0.370 e. The molecular formula is C16H18ClFN2O2. The van der Waals surface area contributed by atoms with Gasteiger partial charge in [-0.3, -0.25) is 9.59 Å². The van der Waals surface area contributed by atoms with Crippen LogP contribution in [0.15, 0.2) is 24.3 Å². The second-order valence-corrected chi connectivity index (χ2v) is 5.81. The molecule has 0 unspecified atom stereocenters. The highest BCUT2D eigenvalue weighted by molar-refractivity contribution is 6.32. The summed E-state index contributed by atoms with van der Waals surface area (Å²) in [5.74, 6) is -0.709. The summed E-state index contributed by atoms with van der Waals surface area (Å²) in [5, 5.41) is 0.268. The fourth-order valence-corrected chi connectivity index (χ4v) is 2.80. The van der Waals surface area contributed by atoms with Gasteiger partial charge in [-0.05, 0) is 37.0 Å². The Morgan fingerprint density at radius 1 is 1.36 bits per heavy atom. The number of hydrogen-bond acceptors (Lipinski definition) is 2. The molecule has 1 aromatic rings. The van der Waals surface area contributed by atoms with Crippen LogP contribution in [0, 0.1) is 11.7 Å². The van der Waals surface area contributed by atoms with Crippen LogP contribution in [0.4, 0.5) is 4.39 Å². The lowest BCUT2D eigenvalue weighted by Gasteiger charge is -2.30. The Kier molecular flexibility index (Phi) is 5.55. The summed E-state index contributed by atoms with van der Waals surface area (Å²) in [7, 11) is 0. The maximum Gasteiger partial charge on any atom is 0.246 e. The van der Waals surface area contributed by atoms with Crippen molar-refractivity contribution >= 4 is 29.5 Å². The molecule has 0 bridgehead atoms. The Labute approximate surface area is 133 Å². The average Bonchev–Trinajstić information content (AvgIpc) is 2.46. The van der Waals surface area contributed by atoms with Crippen LogP contribution in [0.25, 0.3) is 6.08 Å². The second kappa shape index (κ2) is 7.40. The number of nitrogens with two attached hydrogens (primary N) is 1. The maximum atomic E-state index is 13.6. The SMILES string of the molecule is NC(=O)CC1CCN(C(=O)C=Cc2c(F)cccc2Cl)CC1. The third-order valence-electron chi connectivity index (χ3n) is 3.81. The van der Waals surface area contributed by atoms with E-state index in [1.54, 1.807) is 11.0 Å². The molecule has 2 amide bonds. The van der Waals surface area contributed by atoms with Crippen molar-refractivity contribution in [3.63, 3.8) is 0 Å². The Morgan fingerprint density at radius 3 is 2.64 bits per heavy atom. The summed E-state index contributed by atoms with van der Waals surface area (Å²) >= 11 is 5.91. The molecule has 1 aliphatic heterocycles. The van der Waals surface area contributed by atoms with E-state index in [9.17, 15) is 14.0 Å². The lowest BCUT2D eigenvalue weighted by atomic mass is 9.93. The molecule has 2 rings (SSSR count). The van der Waals surface area contributed by atoms with Gasteiger partial charge < -0.3 is 10.6 Å². The highest BCUT2D eigenvalue weighted by Gasteiger charge is 2.22. The van der Waals surface area contributed by atoms with Gasteiger partial charge in [0.25, 0.3) is 0 Å². The maximum absolute atomic E-state index is 13.6. The molecular weight excluding hydrogens is 307 g/mol. The molecule has 0 atom stereocenters. The van der Waals surface area contributed by atoms with E-state index in [0.29, 0.717) is 19.5 Å². The van der Waals surface area contributed by atoms with Gasteiger partial charge in [-0.15, -0.1) is 0 Å². The molecule has 0 radical (unpaired) electrons. The molecule has 6 heteroatoms. The lowest BCUT2D eigenvalue weighted by molar-refractivity contribution is -0.127. The molecule has 0 aromatic heterocycles. The molecule has 2 N–H and O–H groups in total. The number of rotatable bonds is 4. The molecule has 1 heterocycles. The van der Waals surface area contributed by atoms with E-state index in [2.05, 4.69) is 0 Å². The van der Waals surface area contributed by atoms with Crippen molar-refractivity contribution in [2.24, 2.45) is 11.7 Å². The minimum absolute atomic E-state index is 0.183. The molecule has 1 saturated heterocycles. The van der Waals surface area contributed by atoms with Gasteiger partial charge in [-0.1, -0.05) is 17.7 Å². The first kappa shape index (κ1) is 16.5. The van der Waals surface area contributed by atoms with Gasteiger partial charge >= 0.3 is 0 Å². The summed E-state index contributed by atoms with van der Waals surface area (Å²) < 4.78 is 13.6. The zero-order chi connectivity index (χ0) is 16.1. The van der Waals surface area contributed by atoms with Crippen LogP contribution in [0.3, 0.4) is 0 Å². The number of benzene rings is 1. The van der Waals surface area contributed by atoms with Crippen molar-refractivity contribution in [3.05, 3.63) is 40.7 Å². The van der Waals surface area contributed by atoms with Gasteiger partial charge in [0, 0.05) is 31.1 Å². The van der Waals surface area contributed by atoms with Crippen LogP contribution in [0.2, 0.25) is 5.02 Å². The van der Waals surface area contributed by atoms with Crippen molar-refractivity contribution < 1.29 is 14.0 Å². The number of primary amides is 1. The van der Waals surface area contributed by atoms with Crippen LogP contribution in [0.5, 0.6) is 0 Å². The Bertz CT molecular complexity index is 576. The number of halogens is 2. The van der Waals surface area contributed by atoms with Gasteiger partial charge in [0.15, 0.2) is 0 Å². The van der Waals surface area contributed by atoms with E-state index < -0.39 is 5.82 Å². The van der Waals surface area contributed by atoms with Crippen LogP contribution >= 0.6 is 11.6 Å². The third kappa shape index (κ3) is 4.31. The van der Waals surface area contributed by atoms with Crippen molar-refractivity contribution in [1.29, 1.82) is 0 Å². The van der Waals surface area contributed by atoms with Gasteiger partial charge in [0.2, 0.25) is 11.8 Å². The number of carbonyl (C=O) groups excluding carboxylic acids is 2. The topological polar surface area (TPSA) is 63.4 Å². The number of piperidine rings is 1. The predicted octanol–water partition coefficient (Wildman–Crippen LogP) is 2.61. The monoisotopic (exact) mass is 324 g/mol. The summed E-state index contributed by atoms with van der Waals surface area (Å²) in [6, 6.07) is 4.38. The highest BCUT2D eigenvalue weighted by atomic mass is 35.5. The number of hydrogen-bond donors (Lipinski definition) is 1. The van der Waals surface area contributed by atoms with E-state index in [-0.39, 0.29) is 28.3 Å². The highest BCUT2D eigenvalue weighted by Crippen LogP contribution is 2.22. The molecule has 118 valence electrons. The van der Waals surface area contributed by atoms with E-state index in [4.69, 9.17) is 17.3 Å². The predicted molar refractivity (Wildman–Crippen MR) is 83.6 cm³/mol. The number of amides is 2. The van der Waals surface area contributed by atoms with Crippen LogP contribution in [-0.4, -0.2) is 29.8 Å². The van der Waals surface area contributed by atoms with Gasteiger partial charge in [-0.2, -0.15) is 0 Å². The van der Waals surface area contributed by atoms with Crippen molar-refractivity contribution in [2.45, 2.75) is 19.3 Å². The molecule has 0 spiro atoms. The fourth-order valence-electron chi connectivity index (χ4n) is 2.57. The number of carbonyl (C=O) groups is 2. The van der Waals surface area contributed by atoms with Crippen molar-refractivity contribution in [1.82, 2.24) is 4.90 Å². The lowest BCUT2D eigenvalue weighted by Crippen LogP contribution is -2.38. The first-order chi connectivity index (χ1) is 10.5. The average molecular weight is 325 g/mol. The van der Waals surface area contributed by atoms with Crippen molar-refractivity contribution in [3.8, 4) is 0 Å². The molecule has 22 heavy (non-hydrogen) atoms. The summed E-state index contributed by atoms with van der Waals surface area (Å²) in [5.41, 5.74) is 5.39. The largest absolute Gasteiger partial charge is 0.370 e. The molecule has 4 nitrogen and oxygen atoms in total. The van der Waals surface area contributed by atoms with E-state index in [0.717, 1.165) is 12.8 Å². The molecule has 0 saturated carbocycles. The summed E-state index contributed by atoms with van der Waals surface area (Å²) in [4.78, 5) is 24.7. The van der Waals surface area contributed by atoms with Gasteiger partial charge in [0.05, 0.1) is 5.02 Å². The van der Waals surface area contributed by atoms with Gasteiger partial charge in [-0.25, -0.2) is 4.39 Å². The third-order valence-corrected chi connectivity index (χ3v) is 4.14. The molecule has 0 aliphatic carbocycles. The van der Waals surface area contributed by atoms with Crippen LogP contribution in [0.1, 0.15) is 24.8 Å².